The number of thioether (sulfide) groups is 1. The zero-order valence-corrected chi connectivity index (χ0v) is 11.5. The molecular formula is C15H9F2NO2S. The summed E-state index contributed by atoms with van der Waals surface area (Å²) >= 11 is 1.20. The molecule has 0 aliphatic heterocycles. The van der Waals surface area contributed by atoms with Crippen molar-refractivity contribution in [3.63, 3.8) is 0 Å². The van der Waals surface area contributed by atoms with Crippen molar-refractivity contribution >= 4 is 17.7 Å². The lowest BCUT2D eigenvalue weighted by Crippen LogP contribution is -2.00. The van der Waals surface area contributed by atoms with Crippen molar-refractivity contribution in [2.24, 2.45) is 0 Å². The maximum Gasteiger partial charge on any atom is 0.338 e. The third-order valence-corrected chi connectivity index (χ3v) is 3.79. The Morgan fingerprint density at radius 2 is 2.00 bits per heavy atom. The predicted molar refractivity (Wildman–Crippen MR) is 74.0 cm³/mol. The summed E-state index contributed by atoms with van der Waals surface area (Å²) in [7, 11) is 0. The molecule has 2 aromatic carbocycles. The molecule has 2 aromatic rings. The molecule has 0 heterocycles. The number of carbonyl (C=O) groups is 1. The summed E-state index contributed by atoms with van der Waals surface area (Å²) in [6.07, 6.45) is 0. The Morgan fingerprint density at radius 1 is 1.24 bits per heavy atom. The summed E-state index contributed by atoms with van der Waals surface area (Å²) in [6.45, 7) is 0. The zero-order chi connectivity index (χ0) is 15.4. The lowest BCUT2D eigenvalue weighted by Gasteiger charge is -2.06. The minimum Gasteiger partial charge on any atom is -0.478 e. The van der Waals surface area contributed by atoms with E-state index in [1.807, 2.05) is 6.07 Å². The number of hydrogen-bond donors (Lipinski definition) is 1. The second kappa shape index (κ2) is 6.37. The molecule has 0 bridgehead atoms. The lowest BCUT2D eigenvalue weighted by atomic mass is 10.1. The maximum absolute atomic E-state index is 13.3. The minimum atomic E-state index is -1.35. The van der Waals surface area contributed by atoms with Crippen molar-refractivity contribution in [2.45, 2.75) is 10.6 Å². The second-order valence-electron chi connectivity index (χ2n) is 4.15. The van der Waals surface area contributed by atoms with Gasteiger partial charge in [0.2, 0.25) is 0 Å². The Morgan fingerprint density at radius 3 is 2.67 bits per heavy atom. The SMILES string of the molecule is N#Cc1ccc(F)cc1CSc1ccc(F)c(C(=O)O)c1. The van der Waals surface area contributed by atoms with E-state index in [0.717, 1.165) is 6.07 Å². The first-order valence-electron chi connectivity index (χ1n) is 5.85. The lowest BCUT2D eigenvalue weighted by molar-refractivity contribution is 0.0691. The third kappa shape index (κ3) is 3.58. The molecule has 0 aliphatic carbocycles. The van der Waals surface area contributed by atoms with Crippen LogP contribution in [0, 0.1) is 23.0 Å². The molecular weight excluding hydrogens is 296 g/mol. The average molecular weight is 305 g/mol. The van der Waals surface area contributed by atoms with Gasteiger partial charge in [0.05, 0.1) is 17.2 Å². The van der Waals surface area contributed by atoms with Crippen LogP contribution in [0.2, 0.25) is 0 Å². The Labute approximate surface area is 123 Å². The summed E-state index contributed by atoms with van der Waals surface area (Å²) in [4.78, 5) is 11.4. The van der Waals surface area contributed by atoms with E-state index in [9.17, 15) is 13.6 Å². The van der Waals surface area contributed by atoms with Crippen molar-refractivity contribution in [1.82, 2.24) is 0 Å². The number of benzene rings is 2. The Hall–Kier alpha value is -2.39. The first kappa shape index (κ1) is 15.0. The van der Waals surface area contributed by atoms with Gasteiger partial charge >= 0.3 is 5.97 Å². The molecule has 3 nitrogen and oxygen atoms in total. The fraction of sp³-hybridized carbons (Fsp3) is 0.0667. The molecule has 0 amide bonds. The molecule has 0 unspecified atom stereocenters. The van der Waals surface area contributed by atoms with Crippen LogP contribution in [0.3, 0.4) is 0 Å². The van der Waals surface area contributed by atoms with Crippen LogP contribution in [0.4, 0.5) is 8.78 Å². The van der Waals surface area contributed by atoms with E-state index < -0.39 is 23.2 Å². The van der Waals surface area contributed by atoms with Crippen molar-refractivity contribution < 1.29 is 18.7 Å². The van der Waals surface area contributed by atoms with Crippen LogP contribution in [0.25, 0.3) is 0 Å². The van der Waals surface area contributed by atoms with Crippen molar-refractivity contribution in [3.05, 3.63) is 64.7 Å². The summed E-state index contributed by atoms with van der Waals surface area (Å²) in [5.74, 6) is -2.32. The number of carboxylic acids is 1. The number of nitrogens with zero attached hydrogens (tertiary/aromatic N) is 1. The van der Waals surface area contributed by atoms with Crippen molar-refractivity contribution in [2.75, 3.05) is 0 Å². The topological polar surface area (TPSA) is 61.1 Å². The van der Waals surface area contributed by atoms with Crippen molar-refractivity contribution in [1.29, 1.82) is 5.26 Å². The predicted octanol–water partition coefficient (Wildman–Crippen LogP) is 3.83. The van der Waals surface area contributed by atoms with Gasteiger partial charge in [-0.3, -0.25) is 0 Å². The number of nitriles is 1. The minimum absolute atomic E-state index is 0.283. The van der Waals surface area contributed by atoms with Gasteiger partial charge in [-0.05, 0) is 42.0 Å². The summed E-state index contributed by atoms with van der Waals surface area (Å²) in [5.41, 5.74) is 0.438. The van der Waals surface area contributed by atoms with Crippen LogP contribution in [0.1, 0.15) is 21.5 Å². The van der Waals surface area contributed by atoms with Crippen LogP contribution in [-0.4, -0.2) is 11.1 Å². The maximum atomic E-state index is 13.3. The first-order chi connectivity index (χ1) is 10.0. The van der Waals surface area contributed by atoms with Crippen LogP contribution in [-0.2, 0) is 5.75 Å². The number of halogens is 2. The highest BCUT2D eigenvalue weighted by atomic mass is 32.2. The molecule has 0 aliphatic rings. The van der Waals surface area contributed by atoms with Crippen LogP contribution < -0.4 is 0 Å². The average Bonchev–Trinajstić information content (AvgIpc) is 2.46. The number of rotatable bonds is 4. The van der Waals surface area contributed by atoms with E-state index in [-0.39, 0.29) is 5.75 Å². The van der Waals surface area contributed by atoms with Gasteiger partial charge < -0.3 is 5.11 Å². The standard InChI is InChI=1S/C15H9F2NO2S/c16-11-2-1-9(7-18)10(5-11)8-21-12-3-4-14(17)13(6-12)15(19)20/h1-6H,8H2,(H,19,20). The monoisotopic (exact) mass is 305 g/mol. The van der Waals surface area contributed by atoms with Gasteiger partial charge in [0.25, 0.3) is 0 Å². The molecule has 0 spiro atoms. The van der Waals surface area contributed by atoms with Gasteiger partial charge in [-0.1, -0.05) is 0 Å². The number of hydrogen-bond acceptors (Lipinski definition) is 3. The Kier molecular flexibility index (Phi) is 4.55. The van der Waals surface area contributed by atoms with Crippen LogP contribution >= 0.6 is 11.8 Å². The van der Waals surface area contributed by atoms with Gasteiger partial charge in [-0.2, -0.15) is 5.26 Å². The van der Waals surface area contributed by atoms with E-state index in [4.69, 9.17) is 10.4 Å². The van der Waals surface area contributed by atoms with E-state index in [2.05, 4.69) is 0 Å². The molecule has 21 heavy (non-hydrogen) atoms. The number of carboxylic acid groups (broad SMARTS) is 1. The van der Waals surface area contributed by atoms with Gasteiger partial charge in [0, 0.05) is 10.6 Å². The van der Waals surface area contributed by atoms with E-state index >= 15 is 0 Å². The van der Waals surface area contributed by atoms with E-state index in [0.29, 0.717) is 16.0 Å². The fourth-order valence-corrected chi connectivity index (χ4v) is 2.64. The van der Waals surface area contributed by atoms with E-state index in [1.54, 1.807) is 0 Å². The highest BCUT2D eigenvalue weighted by Gasteiger charge is 2.11. The van der Waals surface area contributed by atoms with Crippen molar-refractivity contribution in [3.8, 4) is 6.07 Å². The van der Waals surface area contributed by atoms with E-state index in [1.165, 1.54) is 42.1 Å². The largest absolute Gasteiger partial charge is 0.478 e. The molecule has 0 radical (unpaired) electrons. The molecule has 0 fully saturated rings. The Bertz CT molecular complexity index is 741. The quantitative estimate of drug-likeness (QED) is 0.872. The first-order valence-corrected chi connectivity index (χ1v) is 6.84. The second-order valence-corrected chi connectivity index (χ2v) is 5.20. The molecule has 2 rings (SSSR count). The van der Waals surface area contributed by atoms with Crippen LogP contribution in [0.5, 0.6) is 0 Å². The number of aromatic carboxylic acids is 1. The highest BCUT2D eigenvalue weighted by molar-refractivity contribution is 7.98. The summed E-state index contributed by atoms with van der Waals surface area (Å²) in [5, 5.41) is 17.8. The molecule has 6 heteroatoms. The molecule has 0 aromatic heterocycles. The van der Waals surface area contributed by atoms with Crippen LogP contribution in [0.15, 0.2) is 41.3 Å². The molecule has 0 saturated heterocycles. The van der Waals surface area contributed by atoms with Gasteiger partial charge in [0.15, 0.2) is 0 Å². The van der Waals surface area contributed by atoms with Gasteiger partial charge in [0.1, 0.15) is 11.6 Å². The normalized spacial score (nSPS) is 10.1. The zero-order valence-electron chi connectivity index (χ0n) is 10.6. The molecule has 0 atom stereocenters. The molecule has 106 valence electrons. The summed E-state index contributed by atoms with van der Waals surface area (Å²) < 4.78 is 26.5. The van der Waals surface area contributed by atoms with Gasteiger partial charge in [-0.25, -0.2) is 13.6 Å². The third-order valence-electron chi connectivity index (χ3n) is 2.75. The smallest absolute Gasteiger partial charge is 0.338 e. The summed E-state index contributed by atoms with van der Waals surface area (Å²) in [6, 6.07) is 9.54. The Balaban J connectivity index is 2.21. The molecule has 1 N–H and O–H groups in total. The van der Waals surface area contributed by atoms with Gasteiger partial charge in [-0.15, -0.1) is 11.8 Å². The highest BCUT2D eigenvalue weighted by Crippen LogP contribution is 2.26. The molecule has 0 saturated carbocycles. The fourth-order valence-electron chi connectivity index (χ4n) is 1.71.